The highest BCUT2D eigenvalue weighted by molar-refractivity contribution is 8.00. The van der Waals surface area contributed by atoms with Gasteiger partial charge >= 0.3 is 0 Å². The van der Waals surface area contributed by atoms with E-state index in [0.717, 1.165) is 12.0 Å². The zero-order chi connectivity index (χ0) is 19.4. The first-order chi connectivity index (χ1) is 12.2. The van der Waals surface area contributed by atoms with Crippen molar-refractivity contribution in [3.8, 4) is 0 Å². The second-order valence-corrected chi connectivity index (χ2v) is 9.26. The highest BCUT2D eigenvalue weighted by atomic mass is 32.2. The number of thioether (sulfide) groups is 1. The van der Waals surface area contributed by atoms with Crippen molar-refractivity contribution in [2.45, 2.75) is 65.4 Å². The number of hydrogen-bond acceptors (Lipinski definition) is 3. The lowest BCUT2D eigenvalue weighted by atomic mass is 10.0. The monoisotopic (exact) mass is 376 g/mol. The van der Waals surface area contributed by atoms with Crippen molar-refractivity contribution in [2.24, 2.45) is 11.8 Å². The average Bonchev–Trinajstić information content (AvgIpc) is 2.97. The smallest absolute Gasteiger partial charge is 0.255 e. The van der Waals surface area contributed by atoms with Gasteiger partial charge in [-0.1, -0.05) is 45.4 Å². The molecule has 1 aromatic carbocycles. The molecule has 5 heteroatoms. The van der Waals surface area contributed by atoms with Crippen LogP contribution in [0, 0.1) is 18.8 Å². The van der Waals surface area contributed by atoms with Crippen molar-refractivity contribution in [3.05, 3.63) is 35.4 Å². The average molecular weight is 377 g/mol. The molecule has 0 saturated carbocycles. The second-order valence-electron chi connectivity index (χ2n) is 8.05. The third-order valence-corrected chi connectivity index (χ3v) is 6.28. The number of benzene rings is 1. The van der Waals surface area contributed by atoms with E-state index in [0.29, 0.717) is 23.2 Å². The van der Waals surface area contributed by atoms with E-state index in [1.54, 1.807) is 11.8 Å². The van der Waals surface area contributed by atoms with Crippen molar-refractivity contribution in [2.75, 3.05) is 5.75 Å². The third kappa shape index (κ3) is 5.03. The molecule has 26 heavy (non-hydrogen) atoms. The summed E-state index contributed by atoms with van der Waals surface area (Å²) in [5.74, 6) is 1.41. The molecule has 0 aliphatic carbocycles. The maximum atomic E-state index is 13.2. The van der Waals surface area contributed by atoms with E-state index in [2.05, 4.69) is 33.0 Å². The largest absolute Gasteiger partial charge is 0.352 e. The van der Waals surface area contributed by atoms with E-state index in [1.165, 1.54) is 0 Å². The first kappa shape index (κ1) is 20.8. The Hall–Kier alpha value is -1.49. The number of nitrogens with zero attached hydrogens (tertiary/aromatic N) is 1. The van der Waals surface area contributed by atoms with Gasteiger partial charge in [-0.3, -0.25) is 9.59 Å². The SMILES string of the molecule is Cc1ccc(C(=O)N2C(CC(C)C)SCC2C(=O)NC(C)C(C)C)cc1. The minimum atomic E-state index is -0.404. The summed E-state index contributed by atoms with van der Waals surface area (Å²) < 4.78 is 0. The minimum Gasteiger partial charge on any atom is -0.352 e. The van der Waals surface area contributed by atoms with Gasteiger partial charge in [0.25, 0.3) is 5.91 Å². The van der Waals surface area contributed by atoms with Crippen LogP contribution in [-0.4, -0.2) is 39.9 Å². The molecule has 144 valence electrons. The molecule has 0 radical (unpaired) electrons. The van der Waals surface area contributed by atoms with Gasteiger partial charge in [0.2, 0.25) is 5.91 Å². The Morgan fingerprint density at radius 3 is 2.31 bits per heavy atom. The van der Waals surface area contributed by atoms with Gasteiger partial charge in [0.1, 0.15) is 6.04 Å². The molecule has 2 amide bonds. The number of nitrogens with one attached hydrogen (secondary N) is 1. The van der Waals surface area contributed by atoms with Crippen LogP contribution in [0.1, 0.15) is 57.0 Å². The van der Waals surface area contributed by atoms with Crippen molar-refractivity contribution in [1.29, 1.82) is 0 Å². The van der Waals surface area contributed by atoms with Crippen LogP contribution in [0.2, 0.25) is 0 Å². The summed E-state index contributed by atoms with van der Waals surface area (Å²) in [7, 11) is 0. The molecule has 3 unspecified atom stereocenters. The molecule has 4 nitrogen and oxygen atoms in total. The van der Waals surface area contributed by atoms with E-state index in [4.69, 9.17) is 0 Å². The van der Waals surface area contributed by atoms with E-state index >= 15 is 0 Å². The molecule has 1 aliphatic rings. The molecule has 1 N–H and O–H groups in total. The van der Waals surface area contributed by atoms with Gasteiger partial charge in [0.15, 0.2) is 0 Å². The van der Waals surface area contributed by atoms with Crippen molar-refractivity contribution < 1.29 is 9.59 Å². The van der Waals surface area contributed by atoms with Crippen LogP contribution in [0.5, 0.6) is 0 Å². The number of amides is 2. The lowest BCUT2D eigenvalue weighted by Gasteiger charge is -2.31. The standard InChI is InChI=1S/C21H32N2O2S/c1-13(2)11-19-23(21(25)17-9-7-15(5)8-10-17)18(12-26-19)20(24)22-16(6)14(3)4/h7-10,13-14,16,18-19H,11-12H2,1-6H3,(H,22,24). The summed E-state index contributed by atoms with van der Waals surface area (Å²) >= 11 is 1.72. The fourth-order valence-corrected chi connectivity index (χ4v) is 4.60. The van der Waals surface area contributed by atoms with E-state index in [1.807, 2.05) is 43.0 Å². The van der Waals surface area contributed by atoms with Crippen LogP contribution in [0.4, 0.5) is 0 Å². The fourth-order valence-electron chi connectivity index (χ4n) is 2.96. The quantitative estimate of drug-likeness (QED) is 0.814. The van der Waals surface area contributed by atoms with Crippen LogP contribution in [-0.2, 0) is 4.79 Å². The van der Waals surface area contributed by atoms with Crippen molar-refractivity contribution >= 4 is 23.6 Å². The number of carbonyl (C=O) groups excluding carboxylic acids is 2. The summed E-state index contributed by atoms with van der Waals surface area (Å²) in [6.45, 7) is 12.5. The molecule has 0 bridgehead atoms. The summed E-state index contributed by atoms with van der Waals surface area (Å²) in [6.07, 6.45) is 0.895. The lowest BCUT2D eigenvalue weighted by Crippen LogP contribution is -2.52. The van der Waals surface area contributed by atoms with E-state index < -0.39 is 6.04 Å². The first-order valence-corrected chi connectivity index (χ1v) is 10.6. The summed E-state index contributed by atoms with van der Waals surface area (Å²) in [4.78, 5) is 27.9. The summed E-state index contributed by atoms with van der Waals surface area (Å²) in [6, 6.07) is 7.30. The maximum absolute atomic E-state index is 13.2. The van der Waals surface area contributed by atoms with Crippen LogP contribution < -0.4 is 5.32 Å². The third-order valence-electron chi connectivity index (χ3n) is 4.97. The van der Waals surface area contributed by atoms with Crippen molar-refractivity contribution in [3.63, 3.8) is 0 Å². The Kier molecular flexibility index (Phi) is 7.16. The lowest BCUT2D eigenvalue weighted by molar-refractivity contribution is -0.125. The van der Waals surface area contributed by atoms with Crippen LogP contribution in [0.15, 0.2) is 24.3 Å². The molecule has 1 heterocycles. The van der Waals surface area contributed by atoms with Crippen LogP contribution in [0.25, 0.3) is 0 Å². The van der Waals surface area contributed by atoms with Gasteiger partial charge in [-0.2, -0.15) is 0 Å². The minimum absolute atomic E-state index is 0.0367. The highest BCUT2D eigenvalue weighted by Gasteiger charge is 2.42. The Bertz CT molecular complexity index is 627. The zero-order valence-electron chi connectivity index (χ0n) is 16.8. The predicted octanol–water partition coefficient (Wildman–Crippen LogP) is 4.09. The molecule has 3 atom stereocenters. The van der Waals surface area contributed by atoms with Gasteiger partial charge in [-0.05, 0) is 44.2 Å². The van der Waals surface area contributed by atoms with Gasteiger partial charge in [-0.15, -0.1) is 11.8 Å². The number of aryl methyl sites for hydroxylation is 1. The van der Waals surface area contributed by atoms with Gasteiger partial charge in [0.05, 0.1) is 5.37 Å². The molecule has 1 aliphatic heterocycles. The molecule has 1 fully saturated rings. The molecular formula is C21H32N2O2S. The number of hydrogen-bond donors (Lipinski definition) is 1. The Labute approximate surface area is 162 Å². The normalized spacial score (nSPS) is 21.3. The van der Waals surface area contributed by atoms with Crippen LogP contribution >= 0.6 is 11.8 Å². The molecule has 1 saturated heterocycles. The van der Waals surface area contributed by atoms with E-state index in [-0.39, 0.29) is 23.2 Å². The first-order valence-electron chi connectivity index (χ1n) is 9.52. The topological polar surface area (TPSA) is 49.4 Å². The summed E-state index contributed by atoms with van der Waals surface area (Å²) in [5, 5.41) is 3.14. The van der Waals surface area contributed by atoms with E-state index in [9.17, 15) is 9.59 Å². The summed E-state index contributed by atoms with van der Waals surface area (Å²) in [5.41, 5.74) is 1.78. The Balaban J connectivity index is 2.24. The Morgan fingerprint density at radius 1 is 1.15 bits per heavy atom. The number of rotatable bonds is 6. The van der Waals surface area contributed by atoms with Crippen LogP contribution in [0.3, 0.4) is 0 Å². The molecular weight excluding hydrogens is 344 g/mol. The van der Waals surface area contributed by atoms with Gasteiger partial charge in [-0.25, -0.2) is 0 Å². The fraction of sp³-hybridized carbons (Fsp3) is 0.619. The molecule has 2 rings (SSSR count). The highest BCUT2D eigenvalue weighted by Crippen LogP contribution is 2.34. The second kappa shape index (κ2) is 8.94. The van der Waals surface area contributed by atoms with Crippen molar-refractivity contribution in [1.82, 2.24) is 10.2 Å². The zero-order valence-corrected chi connectivity index (χ0v) is 17.6. The number of carbonyl (C=O) groups is 2. The molecule has 1 aromatic rings. The van der Waals surface area contributed by atoms with Gasteiger partial charge < -0.3 is 10.2 Å². The molecule has 0 aromatic heterocycles. The van der Waals surface area contributed by atoms with Gasteiger partial charge in [0, 0.05) is 17.4 Å². The predicted molar refractivity (Wildman–Crippen MR) is 109 cm³/mol. The Morgan fingerprint density at radius 2 is 1.77 bits per heavy atom. The maximum Gasteiger partial charge on any atom is 0.255 e. The molecule has 0 spiro atoms.